The number of para-hydroxylation sites is 1. The van der Waals surface area contributed by atoms with Gasteiger partial charge in [-0.2, -0.15) is 9.36 Å². The van der Waals surface area contributed by atoms with Crippen molar-refractivity contribution >= 4 is 63.7 Å². The van der Waals surface area contributed by atoms with Crippen LogP contribution in [0.15, 0.2) is 51.9 Å². The number of amides is 2. The van der Waals surface area contributed by atoms with E-state index in [0.29, 0.717) is 35.3 Å². The summed E-state index contributed by atoms with van der Waals surface area (Å²) in [5.74, 6) is -1.75. The number of anilines is 1. The number of thioether (sulfide) groups is 2. The van der Waals surface area contributed by atoms with Crippen molar-refractivity contribution in [2.24, 2.45) is 10.9 Å². The summed E-state index contributed by atoms with van der Waals surface area (Å²) in [5, 5.41) is 27.9. The molecule has 1 fully saturated rings. The molecule has 208 valence electrons. The lowest BCUT2D eigenvalue weighted by atomic mass is 10.0. The largest absolute Gasteiger partial charge is 0.477 e. The molecule has 40 heavy (non-hydrogen) atoms. The van der Waals surface area contributed by atoms with Gasteiger partial charge >= 0.3 is 5.97 Å². The number of nitrogen functional groups attached to an aromatic ring is 1. The van der Waals surface area contributed by atoms with E-state index in [1.54, 1.807) is 30.3 Å². The van der Waals surface area contributed by atoms with Crippen LogP contribution in [0.4, 0.5) is 5.13 Å². The molecule has 0 bridgehead atoms. The van der Waals surface area contributed by atoms with Crippen molar-refractivity contribution in [1.29, 1.82) is 0 Å². The lowest BCUT2D eigenvalue weighted by molar-refractivity contribution is -0.150. The Morgan fingerprint density at radius 1 is 1.30 bits per heavy atom. The maximum Gasteiger partial charge on any atom is 0.352 e. The van der Waals surface area contributed by atoms with Crippen molar-refractivity contribution in [3.8, 4) is 5.75 Å². The third-order valence-electron chi connectivity index (χ3n) is 5.61. The zero-order valence-electron chi connectivity index (χ0n) is 20.4. The summed E-state index contributed by atoms with van der Waals surface area (Å²) in [6, 6.07) is 7.53. The van der Waals surface area contributed by atoms with E-state index in [2.05, 4.69) is 35.4 Å². The standard InChI is InChI=1S/C21H21N11O5S3/c22-6-7-31-21(26-29-30-31)39-9-10-8-38-18-13(17(34)32(18)14(10)19(35)36)24-16(33)12(15-25-20(23)40-28-15)27-37-11-4-2-1-3-5-11/h1-5,13,18H,6-9,22H2,(H,24,33)(H,35,36)(H2,23,25,28)/t13?,18-/m0/s1. The lowest BCUT2D eigenvalue weighted by Crippen LogP contribution is -2.71. The van der Waals surface area contributed by atoms with Crippen molar-refractivity contribution in [1.82, 2.24) is 39.8 Å². The predicted octanol–water partition coefficient (Wildman–Crippen LogP) is -0.620. The van der Waals surface area contributed by atoms with Crippen molar-refractivity contribution in [3.05, 3.63) is 47.4 Å². The third-order valence-corrected chi connectivity index (χ3v) is 8.53. The molecule has 0 radical (unpaired) electrons. The van der Waals surface area contributed by atoms with E-state index in [0.717, 1.165) is 11.5 Å². The number of carbonyl (C=O) groups is 3. The molecule has 0 spiro atoms. The molecule has 3 aromatic rings. The van der Waals surface area contributed by atoms with Gasteiger partial charge in [-0.15, -0.1) is 16.9 Å². The van der Waals surface area contributed by atoms with Gasteiger partial charge in [-0.05, 0) is 28.1 Å². The topological polar surface area (TPSA) is 230 Å². The van der Waals surface area contributed by atoms with E-state index in [1.807, 2.05) is 0 Å². The molecule has 6 N–H and O–H groups in total. The molecule has 2 atom stereocenters. The molecule has 2 aromatic heterocycles. The van der Waals surface area contributed by atoms with Crippen LogP contribution < -0.4 is 21.6 Å². The minimum absolute atomic E-state index is 0.0711. The first-order chi connectivity index (χ1) is 19.4. The molecule has 19 heteroatoms. The Kier molecular flexibility index (Phi) is 8.24. The summed E-state index contributed by atoms with van der Waals surface area (Å²) in [4.78, 5) is 49.1. The van der Waals surface area contributed by atoms with Crippen molar-refractivity contribution < 1.29 is 24.3 Å². The number of rotatable bonds is 11. The van der Waals surface area contributed by atoms with Crippen LogP contribution in [0, 0.1) is 0 Å². The molecule has 1 saturated heterocycles. The van der Waals surface area contributed by atoms with Crippen molar-refractivity contribution in [3.63, 3.8) is 0 Å². The first kappa shape index (κ1) is 27.5. The molecule has 2 amide bonds. The van der Waals surface area contributed by atoms with Gasteiger partial charge in [0.25, 0.3) is 11.8 Å². The Labute approximate surface area is 238 Å². The van der Waals surface area contributed by atoms with Gasteiger partial charge in [0.15, 0.2) is 10.9 Å². The Bertz CT molecular complexity index is 1490. The van der Waals surface area contributed by atoms with Gasteiger partial charge in [0.2, 0.25) is 16.7 Å². The fraction of sp³-hybridized carbons (Fsp3) is 0.286. The van der Waals surface area contributed by atoms with Crippen LogP contribution in [0.1, 0.15) is 5.82 Å². The van der Waals surface area contributed by atoms with Gasteiger partial charge in [0.05, 0.1) is 6.54 Å². The molecule has 2 aliphatic heterocycles. The number of β-lactam (4-membered cyclic amide) rings is 1. The van der Waals surface area contributed by atoms with E-state index in [1.165, 1.54) is 33.1 Å². The highest BCUT2D eigenvalue weighted by atomic mass is 32.2. The zero-order chi connectivity index (χ0) is 28.2. The highest BCUT2D eigenvalue weighted by Crippen LogP contribution is 2.41. The van der Waals surface area contributed by atoms with Crippen LogP contribution in [-0.2, 0) is 20.9 Å². The number of carboxylic acid groups (broad SMARTS) is 1. The molecular formula is C21H21N11O5S3. The number of nitrogens with one attached hydrogen (secondary N) is 1. The van der Waals surface area contributed by atoms with Gasteiger partial charge in [0, 0.05) is 29.6 Å². The summed E-state index contributed by atoms with van der Waals surface area (Å²) in [5.41, 5.74) is 11.4. The number of fused-ring (bicyclic) bond motifs is 1. The number of oxime groups is 1. The Hall–Kier alpha value is -4.07. The SMILES string of the molecule is NCCn1nnnc1SCC1=C(C(=O)O)N2C(=O)C(NC(=O)C(=NOc3ccccc3)c3nsc(N)n3)[C@@H]2SC1. The number of tetrazole rings is 1. The summed E-state index contributed by atoms with van der Waals surface area (Å²) in [6.07, 6.45) is 0. The number of hydrogen-bond acceptors (Lipinski definition) is 15. The number of carbonyl (C=O) groups excluding carboxylic acids is 2. The van der Waals surface area contributed by atoms with E-state index in [-0.39, 0.29) is 28.1 Å². The maximum absolute atomic E-state index is 13.2. The lowest BCUT2D eigenvalue weighted by Gasteiger charge is -2.49. The number of aromatic nitrogens is 6. The number of carboxylic acids is 1. The average molecular weight is 604 g/mol. The molecule has 0 saturated carbocycles. The average Bonchev–Trinajstić information content (AvgIpc) is 3.59. The van der Waals surface area contributed by atoms with Gasteiger partial charge in [0.1, 0.15) is 17.1 Å². The van der Waals surface area contributed by atoms with Crippen LogP contribution in [0.2, 0.25) is 0 Å². The van der Waals surface area contributed by atoms with Gasteiger partial charge in [-0.25, -0.2) is 9.48 Å². The Balaban J connectivity index is 1.31. The van der Waals surface area contributed by atoms with Gasteiger partial charge in [-0.3, -0.25) is 14.5 Å². The van der Waals surface area contributed by atoms with Crippen molar-refractivity contribution in [2.45, 2.75) is 23.1 Å². The number of nitrogens with zero attached hydrogens (tertiary/aromatic N) is 8. The Morgan fingerprint density at radius 2 is 2.10 bits per heavy atom. The number of aliphatic carboxylic acids is 1. The predicted molar refractivity (Wildman–Crippen MR) is 145 cm³/mol. The molecule has 1 aromatic carbocycles. The van der Waals surface area contributed by atoms with E-state index < -0.39 is 29.2 Å². The van der Waals surface area contributed by atoms with Gasteiger partial charge in [-0.1, -0.05) is 35.1 Å². The second-order valence-corrected chi connectivity index (χ2v) is 11.0. The quantitative estimate of drug-likeness (QED) is 0.0926. The highest BCUT2D eigenvalue weighted by Gasteiger charge is 2.54. The fourth-order valence-corrected chi connectivity index (χ4v) is 6.64. The second kappa shape index (κ2) is 12.0. The molecule has 4 heterocycles. The molecule has 2 aliphatic rings. The number of benzene rings is 1. The summed E-state index contributed by atoms with van der Waals surface area (Å²) in [7, 11) is 0. The maximum atomic E-state index is 13.2. The monoisotopic (exact) mass is 603 g/mol. The molecular weight excluding hydrogens is 583 g/mol. The molecule has 16 nitrogen and oxygen atoms in total. The first-order valence-electron chi connectivity index (χ1n) is 11.6. The summed E-state index contributed by atoms with van der Waals surface area (Å²) >= 11 is 3.44. The normalized spacial score (nSPS) is 18.8. The third kappa shape index (κ3) is 5.62. The Morgan fingerprint density at radius 3 is 2.80 bits per heavy atom. The first-order valence-corrected chi connectivity index (χ1v) is 14.4. The van der Waals surface area contributed by atoms with Crippen LogP contribution >= 0.6 is 35.1 Å². The smallest absolute Gasteiger partial charge is 0.352 e. The molecule has 1 unspecified atom stereocenters. The van der Waals surface area contributed by atoms with Crippen LogP contribution in [0.3, 0.4) is 0 Å². The van der Waals surface area contributed by atoms with Crippen LogP contribution in [-0.4, -0.2) is 92.5 Å². The summed E-state index contributed by atoms with van der Waals surface area (Å²) in [6.45, 7) is 0.749. The van der Waals surface area contributed by atoms with Crippen LogP contribution in [0.5, 0.6) is 5.75 Å². The number of hydrogen-bond donors (Lipinski definition) is 4. The minimum atomic E-state index is -1.25. The second-order valence-electron chi connectivity index (χ2n) is 8.18. The van der Waals surface area contributed by atoms with E-state index in [9.17, 15) is 19.5 Å². The fourth-order valence-electron chi connectivity index (χ4n) is 3.81. The van der Waals surface area contributed by atoms with E-state index >= 15 is 0 Å². The van der Waals surface area contributed by atoms with Gasteiger partial charge < -0.3 is 26.7 Å². The van der Waals surface area contributed by atoms with Crippen LogP contribution in [0.25, 0.3) is 0 Å². The highest BCUT2D eigenvalue weighted by molar-refractivity contribution is 8.01. The van der Waals surface area contributed by atoms with Crippen molar-refractivity contribution in [2.75, 3.05) is 23.8 Å². The number of nitrogens with two attached hydrogens (primary N) is 2. The molecule has 5 rings (SSSR count). The minimum Gasteiger partial charge on any atom is -0.477 e. The van der Waals surface area contributed by atoms with E-state index in [4.69, 9.17) is 16.3 Å². The molecule has 0 aliphatic carbocycles. The summed E-state index contributed by atoms with van der Waals surface area (Å²) < 4.78 is 5.55. The zero-order valence-corrected chi connectivity index (χ0v) is 22.9.